The third kappa shape index (κ3) is 5.22. The quantitative estimate of drug-likeness (QED) is 0.507. The second kappa shape index (κ2) is 10.5. The van der Waals surface area contributed by atoms with E-state index in [1.807, 2.05) is 77.7 Å². The molecular formula is C27H28N2O2S. The second-order valence-corrected chi connectivity index (χ2v) is 9.02. The maximum atomic E-state index is 12.8. The first-order valence-electron chi connectivity index (χ1n) is 11.1. The highest BCUT2D eigenvalue weighted by molar-refractivity contribution is 8.00. The van der Waals surface area contributed by atoms with E-state index in [-0.39, 0.29) is 23.2 Å². The minimum Gasteiger partial charge on any atom is -0.345 e. The van der Waals surface area contributed by atoms with Gasteiger partial charge in [0.15, 0.2) is 0 Å². The lowest BCUT2D eigenvalue weighted by molar-refractivity contribution is -0.128. The molecule has 1 fully saturated rings. The molecule has 32 heavy (non-hydrogen) atoms. The topological polar surface area (TPSA) is 49.4 Å². The molecule has 1 heterocycles. The molecule has 164 valence electrons. The van der Waals surface area contributed by atoms with Crippen molar-refractivity contribution in [3.8, 4) is 0 Å². The number of benzene rings is 3. The molecular weight excluding hydrogens is 416 g/mol. The smallest absolute Gasteiger partial charge is 0.251 e. The molecule has 0 aromatic heterocycles. The lowest BCUT2D eigenvalue weighted by Gasteiger charge is -2.24. The lowest BCUT2D eigenvalue weighted by Crippen LogP contribution is -2.30. The van der Waals surface area contributed by atoms with Gasteiger partial charge in [0.1, 0.15) is 5.37 Å². The number of carbonyl (C=O) groups excluding carboxylic acids is 2. The summed E-state index contributed by atoms with van der Waals surface area (Å²) in [5.41, 5.74) is 4.02. The first-order valence-corrected chi connectivity index (χ1v) is 12.1. The average molecular weight is 445 g/mol. The van der Waals surface area contributed by atoms with E-state index in [1.54, 1.807) is 11.8 Å². The van der Waals surface area contributed by atoms with Gasteiger partial charge in [-0.15, -0.1) is 11.8 Å². The number of nitrogens with one attached hydrogen (secondary N) is 1. The van der Waals surface area contributed by atoms with Gasteiger partial charge < -0.3 is 10.2 Å². The zero-order valence-electron chi connectivity index (χ0n) is 18.2. The molecule has 2 amide bonds. The van der Waals surface area contributed by atoms with Crippen LogP contribution in [0.15, 0.2) is 84.9 Å². The Morgan fingerprint density at radius 3 is 2.31 bits per heavy atom. The monoisotopic (exact) mass is 444 g/mol. The highest BCUT2D eigenvalue weighted by atomic mass is 32.2. The summed E-state index contributed by atoms with van der Waals surface area (Å²) in [6.07, 6.45) is 1.66. The third-order valence-corrected chi connectivity index (χ3v) is 7.08. The Morgan fingerprint density at radius 2 is 1.66 bits per heavy atom. The van der Waals surface area contributed by atoms with E-state index in [9.17, 15) is 9.59 Å². The van der Waals surface area contributed by atoms with Gasteiger partial charge in [0.25, 0.3) is 5.91 Å². The summed E-state index contributed by atoms with van der Waals surface area (Å²) in [6, 6.07) is 27.9. The zero-order chi connectivity index (χ0) is 22.3. The number of carbonyl (C=O) groups is 2. The van der Waals surface area contributed by atoms with Gasteiger partial charge in [0, 0.05) is 12.1 Å². The van der Waals surface area contributed by atoms with Gasteiger partial charge in [-0.2, -0.15) is 0 Å². The maximum absolute atomic E-state index is 12.8. The van der Waals surface area contributed by atoms with Crippen molar-refractivity contribution in [3.63, 3.8) is 0 Å². The fourth-order valence-corrected chi connectivity index (χ4v) is 5.23. The molecule has 2 atom stereocenters. The summed E-state index contributed by atoms with van der Waals surface area (Å²) in [4.78, 5) is 27.3. The van der Waals surface area contributed by atoms with Crippen molar-refractivity contribution in [2.24, 2.45) is 0 Å². The standard InChI is InChI=1S/C27H28N2O2S/c1-2-24(21-11-7-4-8-12-21)28-26(31)22-13-15-23(16-14-22)27-29(25(30)19-32-27)18-17-20-9-5-3-6-10-20/h3-16,24,27H,2,17-19H2,1H3,(H,28,31)/t24-,27-/m1/s1. The molecule has 3 aromatic rings. The summed E-state index contributed by atoms with van der Waals surface area (Å²) in [6.45, 7) is 2.76. The van der Waals surface area contributed by atoms with E-state index < -0.39 is 0 Å². The minimum atomic E-state index is -0.0802. The van der Waals surface area contributed by atoms with Crippen LogP contribution in [0.1, 0.15) is 51.8 Å². The van der Waals surface area contributed by atoms with E-state index in [1.165, 1.54) is 5.56 Å². The van der Waals surface area contributed by atoms with Crippen LogP contribution in [-0.4, -0.2) is 29.0 Å². The predicted octanol–water partition coefficient (Wildman–Crippen LogP) is 5.38. The fourth-order valence-electron chi connectivity index (χ4n) is 4.01. The van der Waals surface area contributed by atoms with Gasteiger partial charge in [-0.1, -0.05) is 79.7 Å². The fraction of sp³-hybridized carbons (Fsp3) is 0.259. The van der Waals surface area contributed by atoms with Gasteiger partial charge in [0.05, 0.1) is 11.8 Å². The minimum absolute atomic E-state index is 0.00367. The van der Waals surface area contributed by atoms with Crippen molar-refractivity contribution >= 4 is 23.6 Å². The Hall–Kier alpha value is -3.05. The molecule has 1 aliphatic heterocycles. The Labute approximate surface area is 194 Å². The number of amides is 2. The lowest BCUT2D eigenvalue weighted by atomic mass is 10.0. The van der Waals surface area contributed by atoms with E-state index in [0.717, 1.165) is 24.0 Å². The Morgan fingerprint density at radius 1 is 1.00 bits per heavy atom. The number of hydrogen-bond acceptors (Lipinski definition) is 3. The van der Waals surface area contributed by atoms with E-state index >= 15 is 0 Å². The Balaban J connectivity index is 1.41. The maximum Gasteiger partial charge on any atom is 0.251 e. The summed E-state index contributed by atoms with van der Waals surface area (Å²) >= 11 is 1.65. The Kier molecular flexibility index (Phi) is 7.28. The zero-order valence-corrected chi connectivity index (χ0v) is 19.1. The van der Waals surface area contributed by atoms with Gasteiger partial charge in [-0.05, 0) is 41.7 Å². The molecule has 4 rings (SSSR count). The van der Waals surface area contributed by atoms with Crippen LogP contribution in [0.25, 0.3) is 0 Å². The average Bonchev–Trinajstić information content (AvgIpc) is 3.22. The van der Waals surface area contributed by atoms with Crippen LogP contribution in [0.2, 0.25) is 0 Å². The number of rotatable bonds is 8. The summed E-state index contributed by atoms with van der Waals surface area (Å²) in [5, 5.41) is 3.13. The normalized spacial score (nSPS) is 16.7. The molecule has 0 aliphatic carbocycles. The van der Waals surface area contributed by atoms with Crippen molar-refractivity contribution in [2.75, 3.05) is 12.3 Å². The second-order valence-electron chi connectivity index (χ2n) is 7.95. The molecule has 1 aliphatic rings. The van der Waals surface area contributed by atoms with Crippen LogP contribution in [0, 0.1) is 0 Å². The third-order valence-electron chi connectivity index (χ3n) is 5.83. The number of hydrogen-bond donors (Lipinski definition) is 1. The van der Waals surface area contributed by atoms with Crippen molar-refractivity contribution in [3.05, 3.63) is 107 Å². The summed E-state index contributed by atoms with van der Waals surface area (Å²) < 4.78 is 0. The molecule has 1 saturated heterocycles. The van der Waals surface area contributed by atoms with Crippen LogP contribution in [0.4, 0.5) is 0 Å². The largest absolute Gasteiger partial charge is 0.345 e. The van der Waals surface area contributed by atoms with E-state index in [4.69, 9.17) is 0 Å². The molecule has 0 bridgehead atoms. The molecule has 0 spiro atoms. The van der Waals surface area contributed by atoms with Crippen LogP contribution >= 0.6 is 11.8 Å². The number of nitrogens with zero attached hydrogens (tertiary/aromatic N) is 1. The molecule has 0 unspecified atom stereocenters. The van der Waals surface area contributed by atoms with Gasteiger partial charge in [-0.25, -0.2) is 0 Å². The van der Waals surface area contributed by atoms with Crippen molar-refractivity contribution < 1.29 is 9.59 Å². The van der Waals surface area contributed by atoms with Crippen molar-refractivity contribution in [1.29, 1.82) is 0 Å². The van der Waals surface area contributed by atoms with Crippen LogP contribution < -0.4 is 5.32 Å². The molecule has 0 saturated carbocycles. The van der Waals surface area contributed by atoms with Crippen LogP contribution in [0.3, 0.4) is 0 Å². The predicted molar refractivity (Wildman–Crippen MR) is 130 cm³/mol. The Bertz CT molecular complexity index is 1040. The molecule has 1 N–H and O–H groups in total. The first kappa shape index (κ1) is 22.2. The number of thioether (sulfide) groups is 1. The molecule has 0 radical (unpaired) electrons. The van der Waals surface area contributed by atoms with Crippen LogP contribution in [0.5, 0.6) is 0 Å². The molecule has 5 heteroatoms. The van der Waals surface area contributed by atoms with Crippen molar-refractivity contribution in [1.82, 2.24) is 10.2 Å². The highest BCUT2D eigenvalue weighted by Crippen LogP contribution is 2.38. The van der Waals surface area contributed by atoms with Gasteiger partial charge in [-0.3, -0.25) is 9.59 Å². The van der Waals surface area contributed by atoms with E-state index in [2.05, 4.69) is 24.4 Å². The van der Waals surface area contributed by atoms with Crippen LogP contribution in [-0.2, 0) is 11.2 Å². The molecule has 4 nitrogen and oxygen atoms in total. The van der Waals surface area contributed by atoms with Crippen molar-refractivity contribution in [2.45, 2.75) is 31.2 Å². The van der Waals surface area contributed by atoms with Gasteiger partial charge >= 0.3 is 0 Å². The first-order chi connectivity index (χ1) is 15.7. The van der Waals surface area contributed by atoms with E-state index in [0.29, 0.717) is 17.9 Å². The summed E-state index contributed by atoms with van der Waals surface area (Å²) in [7, 11) is 0. The van der Waals surface area contributed by atoms with Gasteiger partial charge in [0.2, 0.25) is 5.91 Å². The summed E-state index contributed by atoms with van der Waals surface area (Å²) in [5.74, 6) is 0.589. The molecule has 3 aromatic carbocycles. The highest BCUT2D eigenvalue weighted by Gasteiger charge is 2.32. The SMILES string of the molecule is CC[C@@H](NC(=O)c1ccc([C@H]2SCC(=O)N2CCc2ccccc2)cc1)c1ccccc1.